The zero-order valence-corrected chi connectivity index (χ0v) is 9.54. The van der Waals surface area contributed by atoms with E-state index in [1.54, 1.807) is 0 Å². The molecule has 0 atom stereocenters. The van der Waals surface area contributed by atoms with Crippen molar-refractivity contribution in [2.45, 2.75) is 26.6 Å². The van der Waals surface area contributed by atoms with Gasteiger partial charge in [-0.25, -0.2) is 0 Å². The van der Waals surface area contributed by atoms with Crippen LogP contribution in [0, 0.1) is 3.57 Å². The molecule has 0 saturated heterocycles. The molecule has 0 aliphatic carbocycles. The van der Waals surface area contributed by atoms with Crippen LogP contribution in [0.25, 0.3) is 0 Å². The number of halogens is 1. The second-order valence-electron chi connectivity index (χ2n) is 2.95. The van der Waals surface area contributed by atoms with Crippen LogP contribution in [-0.2, 0) is 11.3 Å². The van der Waals surface area contributed by atoms with E-state index in [2.05, 4.69) is 48.6 Å². The molecule has 0 amide bonds. The normalized spacial score (nSPS) is 10.7. The summed E-state index contributed by atoms with van der Waals surface area (Å²) < 4.78 is 6.78. The minimum Gasteiger partial charge on any atom is -0.374 e. The zero-order chi connectivity index (χ0) is 8.97. The molecular weight excluding hydrogens is 267 g/mol. The lowest BCUT2D eigenvalue weighted by molar-refractivity contribution is 0.0653. The van der Waals surface area contributed by atoms with Crippen molar-refractivity contribution < 1.29 is 4.74 Å². The Balaban J connectivity index is 2.57. The summed E-state index contributed by atoms with van der Waals surface area (Å²) in [5.41, 5.74) is 1.27. The minimum absolute atomic E-state index is 0.306. The topological polar surface area (TPSA) is 9.23 Å². The highest BCUT2D eigenvalue weighted by molar-refractivity contribution is 14.1. The van der Waals surface area contributed by atoms with Crippen molar-refractivity contribution >= 4 is 22.6 Å². The van der Waals surface area contributed by atoms with Gasteiger partial charge in [-0.15, -0.1) is 0 Å². The summed E-state index contributed by atoms with van der Waals surface area (Å²) in [6, 6.07) is 8.28. The average molecular weight is 280 g/mol. The van der Waals surface area contributed by atoms with E-state index < -0.39 is 0 Å². The first kappa shape index (κ1) is 9.99. The van der Waals surface area contributed by atoms with E-state index in [4.69, 9.17) is 4.74 Å². The smallest absolute Gasteiger partial charge is 0.0730 e. The van der Waals surface area contributed by atoms with Gasteiger partial charge in [0.05, 0.1) is 12.7 Å². The quantitative estimate of drug-likeness (QED) is 0.772. The van der Waals surface area contributed by atoms with Gasteiger partial charge < -0.3 is 4.74 Å². The monoisotopic (exact) mass is 280 g/mol. The van der Waals surface area contributed by atoms with E-state index >= 15 is 0 Å². The number of hydrogen-bond acceptors (Lipinski definition) is 1. The van der Waals surface area contributed by atoms with Crippen molar-refractivity contribution in [3.05, 3.63) is 33.4 Å². The van der Waals surface area contributed by atoms with E-state index in [-0.39, 0.29) is 0 Å². The summed E-state index contributed by atoms with van der Waals surface area (Å²) in [7, 11) is 0. The van der Waals surface area contributed by atoms with Gasteiger partial charge in [-0.2, -0.15) is 0 Å². The molecule has 0 spiro atoms. The standard InChI is InChI=1S/C10H13IO/c1-8(2)12-7-9-5-3-4-6-10(9)11/h3-6,8H,7H2,1-2H3/i11+4. The lowest BCUT2D eigenvalue weighted by Crippen LogP contribution is -2.03. The highest BCUT2D eigenvalue weighted by Gasteiger charge is 1.99. The molecule has 0 aliphatic heterocycles. The van der Waals surface area contributed by atoms with Gasteiger partial charge >= 0.3 is 0 Å². The Morgan fingerprint density at radius 1 is 1.33 bits per heavy atom. The summed E-state index contributed by atoms with van der Waals surface area (Å²) in [6.07, 6.45) is 0.306. The molecule has 0 fully saturated rings. The van der Waals surface area contributed by atoms with Crippen molar-refractivity contribution in [2.75, 3.05) is 0 Å². The summed E-state index contributed by atoms with van der Waals surface area (Å²) in [4.78, 5) is 0. The first-order chi connectivity index (χ1) is 5.70. The fourth-order valence-electron chi connectivity index (χ4n) is 0.872. The minimum atomic E-state index is 0.306. The first-order valence-electron chi connectivity index (χ1n) is 4.05. The molecule has 0 unspecified atom stereocenters. The molecule has 0 aliphatic rings. The van der Waals surface area contributed by atoms with Crippen LogP contribution >= 0.6 is 22.6 Å². The molecule has 0 radical (unpaired) electrons. The molecule has 0 heterocycles. The van der Waals surface area contributed by atoms with Crippen LogP contribution in [0.4, 0.5) is 0 Å². The Morgan fingerprint density at radius 3 is 2.58 bits per heavy atom. The van der Waals surface area contributed by atoms with Crippen molar-refractivity contribution in [1.29, 1.82) is 0 Å². The highest BCUT2D eigenvalue weighted by Crippen LogP contribution is 2.12. The van der Waals surface area contributed by atoms with Crippen LogP contribution in [0.15, 0.2) is 24.3 Å². The Labute approximate surface area is 87.3 Å². The van der Waals surface area contributed by atoms with Gasteiger partial charge in [-0.3, -0.25) is 0 Å². The fraction of sp³-hybridized carbons (Fsp3) is 0.400. The first-order valence-corrected chi connectivity index (χ1v) is 5.13. The molecular formula is C10H13IO. The SMILES string of the molecule is CC(C)OCc1ccccc1[131I]. The van der Waals surface area contributed by atoms with E-state index in [0.717, 1.165) is 6.61 Å². The average Bonchev–Trinajstić information content (AvgIpc) is 2.03. The molecule has 66 valence electrons. The Kier molecular flexibility index (Phi) is 4.01. The van der Waals surface area contributed by atoms with E-state index in [0.29, 0.717) is 6.10 Å². The third-order valence-corrected chi connectivity index (χ3v) is 2.58. The highest BCUT2D eigenvalue weighted by atomic mass is 131. The predicted octanol–water partition coefficient (Wildman–Crippen LogP) is 3.22. The third-order valence-electron chi connectivity index (χ3n) is 1.53. The van der Waals surface area contributed by atoms with Crippen molar-refractivity contribution in [2.24, 2.45) is 0 Å². The molecule has 0 saturated carbocycles. The lowest BCUT2D eigenvalue weighted by Gasteiger charge is -2.08. The van der Waals surface area contributed by atoms with Crippen molar-refractivity contribution in [3.8, 4) is 0 Å². The van der Waals surface area contributed by atoms with Crippen LogP contribution in [0.2, 0.25) is 0 Å². The lowest BCUT2D eigenvalue weighted by atomic mass is 10.2. The summed E-state index contributed by atoms with van der Waals surface area (Å²) >= 11 is 2.33. The number of hydrogen-bond donors (Lipinski definition) is 0. The van der Waals surface area contributed by atoms with Crippen LogP contribution in [0.5, 0.6) is 0 Å². The van der Waals surface area contributed by atoms with Gasteiger partial charge in [0.2, 0.25) is 0 Å². The van der Waals surface area contributed by atoms with Gasteiger partial charge in [0.25, 0.3) is 0 Å². The predicted molar refractivity (Wildman–Crippen MR) is 59.1 cm³/mol. The molecule has 0 N–H and O–H groups in total. The number of rotatable bonds is 3. The zero-order valence-electron chi connectivity index (χ0n) is 7.38. The molecule has 0 bridgehead atoms. The summed E-state index contributed by atoms with van der Waals surface area (Å²) in [5, 5.41) is 0. The van der Waals surface area contributed by atoms with Crippen LogP contribution in [-0.4, -0.2) is 6.10 Å². The van der Waals surface area contributed by atoms with Gasteiger partial charge in [0.1, 0.15) is 0 Å². The third kappa shape index (κ3) is 3.11. The maximum absolute atomic E-state index is 5.50. The Morgan fingerprint density at radius 2 is 2.00 bits per heavy atom. The summed E-state index contributed by atoms with van der Waals surface area (Å²) in [5.74, 6) is 0. The summed E-state index contributed by atoms with van der Waals surface area (Å²) in [6.45, 7) is 4.82. The molecule has 2 heteroatoms. The van der Waals surface area contributed by atoms with Gasteiger partial charge in [-0.05, 0) is 48.1 Å². The Bertz CT molecular complexity index is 245. The molecule has 1 rings (SSSR count). The number of ether oxygens (including phenoxy) is 1. The van der Waals surface area contributed by atoms with Crippen LogP contribution < -0.4 is 0 Å². The van der Waals surface area contributed by atoms with Crippen molar-refractivity contribution in [1.82, 2.24) is 0 Å². The van der Waals surface area contributed by atoms with E-state index in [1.165, 1.54) is 9.13 Å². The van der Waals surface area contributed by atoms with Gasteiger partial charge in [-0.1, -0.05) is 18.2 Å². The second-order valence-corrected chi connectivity index (χ2v) is 4.11. The molecule has 1 aromatic carbocycles. The number of benzene rings is 1. The van der Waals surface area contributed by atoms with E-state index in [1.807, 2.05) is 12.1 Å². The van der Waals surface area contributed by atoms with Crippen LogP contribution in [0.1, 0.15) is 19.4 Å². The van der Waals surface area contributed by atoms with Gasteiger partial charge in [0, 0.05) is 3.57 Å². The van der Waals surface area contributed by atoms with Crippen LogP contribution in [0.3, 0.4) is 0 Å². The molecule has 1 aromatic rings. The Hall–Kier alpha value is -0.0900. The fourth-order valence-corrected chi connectivity index (χ4v) is 1.41. The molecule has 0 aromatic heterocycles. The second kappa shape index (κ2) is 4.82. The van der Waals surface area contributed by atoms with Crippen molar-refractivity contribution in [3.63, 3.8) is 0 Å². The molecule has 12 heavy (non-hydrogen) atoms. The van der Waals surface area contributed by atoms with E-state index in [9.17, 15) is 0 Å². The molecule has 1 nitrogen and oxygen atoms in total. The van der Waals surface area contributed by atoms with Gasteiger partial charge in [0.15, 0.2) is 0 Å². The maximum atomic E-state index is 5.50. The maximum Gasteiger partial charge on any atom is 0.0730 e. The largest absolute Gasteiger partial charge is 0.374 e.